The molecule has 0 aliphatic rings. The number of nitrogens with two attached hydrogens (primary N) is 1. The molecule has 2 aromatic carbocycles. The van der Waals surface area contributed by atoms with Crippen LogP contribution in [-0.4, -0.2) is 9.97 Å². The Bertz CT molecular complexity index is 918. The van der Waals surface area contributed by atoms with Gasteiger partial charge in [-0.1, -0.05) is 53.5 Å². The first kappa shape index (κ1) is 15.3. The molecule has 0 spiro atoms. The first-order valence-electron chi connectivity index (χ1n) is 6.68. The van der Waals surface area contributed by atoms with Gasteiger partial charge in [-0.3, -0.25) is 0 Å². The Balaban J connectivity index is 2.30. The van der Waals surface area contributed by atoms with Crippen LogP contribution in [0, 0.1) is 11.3 Å². The molecule has 0 atom stereocenters. The second kappa shape index (κ2) is 6.25. The standard InChI is InChI=1S/C17H10Cl2N4/c18-11-6-7-12(14(19)8-11)16-13(9-20)15(22-17(21)23-16)10-4-2-1-3-5-10/h1-8H,(H2,21,22,23). The fourth-order valence-electron chi connectivity index (χ4n) is 2.27. The third-order valence-electron chi connectivity index (χ3n) is 3.27. The minimum atomic E-state index is 0.0730. The zero-order valence-electron chi connectivity index (χ0n) is 11.8. The van der Waals surface area contributed by atoms with Crippen LogP contribution in [-0.2, 0) is 0 Å². The normalized spacial score (nSPS) is 10.3. The molecular formula is C17H10Cl2N4. The molecule has 3 aromatic rings. The highest BCUT2D eigenvalue weighted by atomic mass is 35.5. The molecule has 1 heterocycles. The highest BCUT2D eigenvalue weighted by molar-refractivity contribution is 6.36. The van der Waals surface area contributed by atoms with E-state index in [0.717, 1.165) is 5.56 Å². The molecule has 112 valence electrons. The summed E-state index contributed by atoms with van der Waals surface area (Å²) in [4.78, 5) is 8.43. The van der Waals surface area contributed by atoms with E-state index in [0.29, 0.717) is 32.6 Å². The number of benzene rings is 2. The van der Waals surface area contributed by atoms with E-state index in [4.69, 9.17) is 28.9 Å². The van der Waals surface area contributed by atoms with Gasteiger partial charge in [-0.15, -0.1) is 0 Å². The smallest absolute Gasteiger partial charge is 0.221 e. The molecular weight excluding hydrogens is 331 g/mol. The van der Waals surface area contributed by atoms with E-state index in [9.17, 15) is 5.26 Å². The number of aromatic nitrogens is 2. The van der Waals surface area contributed by atoms with Crippen molar-refractivity contribution in [2.45, 2.75) is 0 Å². The predicted octanol–water partition coefficient (Wildman–Crippen LogP) is 4.57. The van der Waals surface area contributed by atoms with Crippen LogP contribution in [0.5, 0.6) is 0 Å². The van der Waals surface area contributed by atoms with Crippen molar-refractivity contribution in [3.8, 4) is 28.6 Å². The van der Waals surface area contributed by atoms with Crippen LogP contribution < -0.4 is 5.73 Å². The SMILES string of the molecule is N#Cc1c(-c2ccccc2)nc(N)nc1-c1ccc(Cl)cc1Cl. The maximum atomic E-state index is 9.62. The van der Waals surface area contributed by atoms with Crippen LogP contribution in [0.2, 0.25) is 10.0 Å². The molecule has 0 amide bonds. The Hall–Kier alpha value is -2.61. The topological polar surface area (TPSA) is 75.6 Å². The fourth-order valence-corrected chi connectivity index (χ4v) is 2.76. The zero-order chi connectivity index (χ0) is 16.4. The fraction of sp³-hybridized carbons (Fsp3) is 0. The van der Waals surface area contributed by atoms with Gasteiger partial charge in [0.1, 0.15) is 11.6 Å². The quantitative estimate of drug-likeness (QED) is 0.741. The van der Waals surface area contributed by atoms with Crippen LogP contribution in [0.25, 0.3) is 22.5 Å². The minimum Gasteiger partial charge on any atom is -0.368 e. The van der Waals surface area contributed by atoms with E-state index >= 15 is 0 Å². The lowest BCUT2D eigenvalue weighted by Crippen LogP contribution is -2.03. The van der Waals surface area contributed by atoms with Gasteiger partial charge in [-0.2, -0.15) is 5.26 Å². The first-order valence-corrected chi connectivity index (χ1v) is 7.44. The summed E-state index contributed by atoms with van der Waals surface area (Å²) in [7, 11) is 0. The van der Waals surface area contributed by atoms with E-state index < -0.39 is 0 Å². The zero-order valence-corrected chi connectivity index (χ0v) is 13.3. The van der Waals surface area contributed by atoms with E-state index in [2.05, 4.69) is 16.0 Å². The lowest BCUT2D eigenvalue weighted by molar-refractivity contribution is 1.18. The van der Waals surface area contributed by atoms with Gasteiger partial charge in [0, 0.05) is 16.1 Å². The van der Waals surface area contributed by atoms with Gasteiger partial charge in [-0.25, -0.2) is 9.97 Å². The number of anilines is 1. The van der Waals surface area contributed by atoms with Crippen molar-refractivity contribution < 1.29 is 0 Å². The van der Waals surface area contributed by atoms with Gasteiger partial charge in [0.25, 0.3) is 0 Å². The highest BCUT2D eigenvalue weighted by Crippen LogP contribution is 2.34. The van der Waals surface area contributed by atoms with Crippen molar-refractivity contribution in [1.29, 1.82) is 5.26 Å². The van der Waals surface area contributed by atoms with Gasteiger partial charge in [0.15, 0.2) is 0 Å². The molecule has 0 aliphatic heterocycles. The Morgan fingerprint density at radius 3 is 2.30 bits per heavy atom. The maximum Gasteiger partial charge on any atom is 0.221 e. The number of hydrogen-bond acceptors (Lipinski definition) is 4. The number of hydrogen-bond donors (Lipinski definition) is 1. The van der Waals surface area contributed by atoms with Crippen LogP contribution in [0.3, 0.4) is 0 Å². The summed E-state index contributed by atoms with van der Waals surface area (Å²) in [5, 5.41) is 10.5. The van der Waals surface area contributed by atoms with Crippen molar-refractivity contribution in [2.24, 2.45) is 0 Å². The lowest BCUT2D eigenvalue weighted by Gasteiger charge is -2.11. The average Bonchev–Trinajstić information content (AvgIpc) is 2.55. The second-order valence-corrected chi connectivity index (χ2v) is 5.60. The van der Waals surface area contributed by atoms with E-state index in [-0.39, 0.29) is 5.95 Å². The number of rotatable bonds is 2. The molecule has 23 heavy (non-hydrogen) atoms. The molecule has 0 saturated carbocycles. The van der Waals surface area contributed by atoms with Crippen LogP contribution in [0.15, 0.2) is 48.5 Å². The number of nitrogens with zero attached hydrogens (tertiary/aromatic N) is 3. The Morgan fingerprint density at radius 2 is 1.65 bits per heavy atom. The molecule has 1 aromatic heterocycles. The predicted molar refractivity (Wildman–Crippen MR) is 92.1 cm³/mol. The van der Waals surface area contributed by atoms with Crippen LogP contribution >= 0.6 is 23.2 Å². The van der Waals surface area contributed by atoms with E-state index in [1.807, 2.05) is 30.3 Å². The third kappa shape index (κ3) is 2.98. The summed E-state index contributed by atoms with van der Waals surface area (Å²) in [6, 6.07) is 16.5. The molecule has 2 N–H and O–H groups in total. The Labute approximate surface area is 143 Å². The molecule has 0 bridgehead atoms. The molecule has 0 radical (unpaired) electrons. The molecule has 3 rings (SSSR count). The van der Waals surface area contributed by atoms with Crippen molar-refractivity contribution in [3.63, 3.8) is 0 Å². The summed E-state index contributed by atoms with van der Waals surface area (Å²) in [5.41, 5.74) is 8.38. The van der Waals surface area contributed by atoms with Crippen molar-refractivity contribution in [3.05, 3.63) is 64.1 Å². The van der Waals surface area contributed by atoms with E-state index in [1.165, 1.54) is 0 Å². The lowest BCUT2D eigenvalue weighted by atomic mass is 10.0. The van der Waals surface area contributed by atoms with Gasteiger partial charge in [0.05, 0.1) is 16.4 Å². The van der Waals surface area contributed by atoms with Crippen molar-refractivity contribution in [1.82, 2.24) is 9.97 Å². The average molecular weight is 341 g/mol. The molecule has 0 unspecified atom stereocenters. The van der Waals surface area contributed by atoms with Gasteiger partial charge >= 0.3 is 0 Å². The molecule has 0 saturated heterocycles. The van der Waals surface area contributed by atoms with Crippen molar-refractivity contribution >= 4 is 29.2 Å². The number of nitriles is 1. The number of nitrogen functional groups attached to an aromatic ring is 1. The van der Waals surface area contributed by atoms with Crippen LogP contribution in [0.4, 0.5) is 5.95 Å². The van der Waals surface area contributed by atoms with Gasteiger partial charge in [0.2, 0.25) is 5.95 Å². The monoisotopic (exact) mass is 340 g/mol. The van der Waals surface area contributed by atoms with Gasteiger partial charge in [-0.05, 0) is 18.2 Å². The maximum absolute atomic E-state index is 9.62. The largest absolute Gasteiger partial charge is 0.368 e. The van der Waals surface area contributed by atoms with Gasteiger partial charge < -0.3 is 5.73 Å². The summed E-state index contributed by atoms with van der Waals surface area (Å²) in [6.07, 6.45) is 0. The summed E-state index contributed by atoms with van der Waals surface area (Å²) < 4.78 is 0. The summed E-state index contributed by atoms with van der Waals surface area (Å²) >= 11 is 12.2. The van der Waals surface area contributed by atoms with Crippen LogP contribution in [0.1, 0.15) is 5.56 Å². The van der Waals surface area contributed by atoms with Crippen molar-refractivity contribution in [2.75, 3.05) is 5.73 Å². The summed E-state index contributed by atoms with van der Waals surface area (Å²) in [5.74, 6) is 0.0730. The third-order valence-corrected chi connectivity index (χ3v) is 3.82. The Morgan fingerprint density at radius 1 is 0.957 bits per heavy atom. The number of halogens is 2. The van der Waals surface area contributed by atoms with E-state index in [1.54, 1.807) is 18.2 Å². The Kier molecular flexibility index (Phi) is 4.16. The summed E-state index contributed by atoms with van der Waals surface area (Å²) in [6.45, 7) is 0. The first-order chi connectivity index (χ1) is 11.1. The minimum absolute atomic E-state index is 0.0730. The molecule has 0 aliphatic carbocycles. The highest BCUT2D eigenvalue weighted by Gasteiger charge is 2.18. The molecule has 4 nitrogen and oxygen atoms in total. The molecule has 6 heteroatoms. The second-order valence-electron chi connectivity index (χ2n) is 4.76. The molecule has 0 fully saturated rings.